The number of urea groups is 1. The fourth-order valence-electron chi connectivity index (χ4n) is 4.05. The van der Waals surface area contributed by atoms with Gasteiger partial charge in [-0.2, -0.15) is 0 Å². The molecule has 2 fully saturated rings. The smallest absolute Gasteiger partial charge is 0.344 e. The van der Waals surface area contributed by atoms with E-state index in [2.05, 4.69) is 10.7 Å². The average molecular weight is 506 g/mol. The number of benzene rings is 1. The standard InChI is InChI=1S/C23H28ClN5O6/c1-15(31)13-18(14-30)25-22(34)19-3-2-11-28-21(33)10-12-27(23(35)29(19)28)26-20(32)9-6-16-4-7-17(24)8-5-16/h4-5,7-8,14,18-19H,2-3,6,9-13H2,1H3,(H,25,34)(H,26,32). The van der Waals surface area contributed by atoms with Crippen LogP contribution >= 0.6 is 11.6 Å². The van der Waals surface area contributed by atoms with Crippen molar-refractivity contribution in [2.24, 2.45) is 0 Å². The van der Waals surface area contributed by atoms with Crippen LogP contribution in [0.15, 0.2) is 24.3 Å². The van der Waals surface area contributed by atoms with Gasteiger partial charge in [0.15, 0.2) is 0 Å². The van der Waals surface area contributed by atoms with Gasteiger partial charge in [-0.15, -0.1) is 0 Å². The van der Waals surface area contributed by atoms with Gasteiger partial charge in [0.2, 0.25) is 17.7 Å². The van der Waals surface area contributed by atoms with Gasteiger partial charge in [-0.25, -0.2) is 19.8 Å². The normalized spacial score (nSPS) is 18.9. The van der Waals surface area contributed by atoms with Crippen molar-refractivity contribution in [3.63, 3.8) is 0 Å². The van der Waals surface area contributed by atoms with Crippen molar-refractivity contribution in [3.8, 4) is 0 Å². The molecule has 0 saturated carbocycles. The van der Waals surface area contributed by atoms with Crippen LogP contribution in [0.3, 0.4) is 0 Å². The number of aldehydes is 1. The molecular weight excluding hydrogens is 478 g/mol. The largest absolute Gasteiger partial charge is 0.358 e. The number of aryl methyl sites for hydroxylation is 1. The van der Waals surface area contributed by atoms with Crippen LogP contribution in [-0.4, -0.2) is 76.0 Å². The van der Waals surface area contributed by atoms with E-state index in [0.29, 0.717) is 24.2 Å². The lowest BCUT2D eigenvalue weighted by Crippen LogP contribution is -2.64. The van der Waals surface area contributed by atoms with Crippen LogP contribution in [0.2, 0.25) is 5.02 Å². The molecule has 5 amide bonds. The summed E-state index contributed by atoms with van der Waals surface area (Å²) in [5, 5.41) is 6.37. The predicted molar refractivity (Wildman–Crippen MR) is 125 cm³/mol. The molecule has 12 heteroatoms. The average Bonchev–Trinajstić information content (AvgIpc) is 2.95. The van der Waals surface area contributed by atoms with E-state index in [1.165, 1.54) is 11.9 Å². The third-order valence-corrected chi connectivity index (χ3v) is 6.03. The zero-order valence-corrected chi connectivity index (χ0v) is 20.1. The van der Waals surface area contributed by atoms with Crippen molar-refractivity contribution in [1.82, 2.24) is 25.8 Å². The molecule has 188 valence electrons. The van der Waals surface area contributed by atoms with Gasteiger partial charge in [-0.1, -0.05) is 23.7 Å². The van der Waals surface area contributed by atoms with Crippen LogP contribution in [0.1, 0.15) is 44.6 Å². The summed E-state index contributed by atoms with van der Waals surface area (Å²) in [6.07, 6.45) is 1.50. The van der Waals surface area contributed by atoms with Gasteiger partial charge in [0.1, 0.15) is 18.1 Å². The summed E-state index contributed by atoms with van der Waals surface area (Å²) in [4.78, 5) is 74.2. The quantitative estimate of drug-likeness (QED) is 0.480. The van der Waals surface area contributed by atoms with Gasteiger partial charge in [0, 0.05) is 30.8 Å². The highest BCUT2D eigenvalue weighted by Gasteiger charge is 2.44. The molecule has 0 aliphatic carbocycles. The third kappa shape index (κ3) is 6.78. The molecule has 2 aliphatic rings. The number of nitrogens with zero attached hydrogens (tertiary/aromatic N) is 3. The van der Waals surface area contributed by atoms with Gasteiger partial charge in [0.05, 0.1) is 12.6 Å². The summed E-state index contributed by atoms with van der Waals surface area (Å²) in [5.74, 6) is -1.70. The van der Waals surface area contributed by atoms with E-state index in [1.54, 1.807) is 24.3 Å². The number of rotatable bonds is 9. The zero-order valence-electron chi connectivity index (χ0n) is 19.4. The Morgan fingerprint density at radius 1 is 1.17 bits per heavy atom. The Hall–Kier alpha value is -3.47. The lowest BCUT2D eigenvalue weighted by molar-refractivity contribution is -0.155. The van der Waals surface area contributed by atoms with E-state index in [1.807, 2.05) is 0 Å². The van der Waals surface area contributed by atoms with E-state index < -0.39 is 29.9 Å². The molecule has 0 bridgehead atoms. The Morgan fingerprint density at radius 2 is 1.89 bits per heavy atom. The highest BCUT2D eigenvalue weighted by Crippen LogP contribution is 2.24. The summed E-state index contributed by atoms with van der Waals surface area (Å²) < 4.78 is 0. The van der Waals surface area contributed by atoms with Gasteiger partial charge < -0.3 is 10.1 Å². The summed E-state index contributed by atoms with van der Waals surface area (Å²) in [7, 11) is 0. The second kappa shape index (κ2) is 11.8. The highest BCUT2D eigenvalue weighted by atomic mass is 35.5. The molecule has 1 aromatic rings. The number of hydrogen-bond donors (Lipinski definition) is 2. The molecule has 2 saturated heterocycles. The molecule has 2 aliphatic heterocycles. The van der Waals surface area contributed by atoms with E-state index >= 15 is 0 Å². The summed E-state index contributed by atoms with van der Waals surface area (Å²) in [6.45, 7) is 1.50. The number of amides is 5. The summed E-state index contributed by atoms with van der Waals surface area (Å²) >= 11 is 5.87. The lowest BCUT2D eigenvalue weighted by atomic mass is 10.1. The molecule has 2 unspecified atom stereocenters. The number of carbonyl (C=O) groups excluding carboxylic acids is 6. The van der Waals surface area contributed by atoms with Crippen LogP contribution in [0, 0.1) is 0 Å². The number of carbonyl (C=O) groups is 6. The van der Waals surface area contributed by atoms with Gasteiger partial charge in [0.25, 0.3) is 0 Å². The summed E-state index contributed by atoms with van der Waals surface area (Å²) in [6, 6.07) is 4.24. The van der Waals surface area contributed by atoms with Gasteiger partial charge in [-0.05, 0) is 43.9 Å². The van der Waals surface area contributed by atoms with Crippen molar-refractivity contribution in [2.75, 3.05) is 13.1 Å². The number of Topliss-reactive ketones (excluding diaryl/α,β-unsaturated/α-hetero) is 1. The molecule has 35 heavy (non-hydrogen) atoms. The Kier molecular flexibility index (Phi) is 8.80. The second-order valence-corrected chi connectivity index (χ2v) is 8.96. The maximum absolute atomic E-state index is 13.3. The molecule has 0 aromatic heterocycles. The van der Waals surface area contributed by atoms with Crippen molar-refractivity contribution < 1.29 is 28.8 Å². The lowest BCUT2D eigenvalue weighted by Gasteiger charge is -2.43. The molecule has 3 rings (SSSR count). The summed E-state index contributed by atoms with van der Waals surface area (Å²) in [5.41, 5.74) is 3.45. The second-order valence-electron chi connectivity index (χ2n) is 8.52. The molecular formula is C23H28ClN5O6. The minimum atomic E-state index is -1.07. The Balaban J connectivity index is 1.70. The molecule has 0 spiro atoms. The van der Waals surface area contributed by atoms with E-state index in [-0.39, 0.29) is 50.5 Å². The first-order valence-electron chi connectivity index (χ1n) is 11.4. The third-order valence-electron chi connectivity index (χ3n) is 5.78. The molecule has 2 N–H and O–H groups in total. The molecule has 1 aromatic carbocycles. The van der Waals surface area contributed by atoms with Crippen molar-refractivity contribution in [3.05, 3.63) is 34.9 Å². The van der Waals surface area contributed by atoms with Crippen LogP contribution in [0.5, 0.6) is 0 Å². The van der Waals surface area contributed by atoms with Gasteiger partial charge in [-0.3, -0.25) is 24.6 Å². The highest BCUT2D eigenvalue weighted by molar-refractivity contribution is 6.30. The van der Waals surface area contributed by atoms with Crippen LogP contribution in [0.4, 0.5) is 4.79 Å². The van der Waals surface area contributed by atoms with Gasteiger partial charge >= 0.3 is 6.03 Å². The van der Waals surface area contributed by atoms with Crippen LogP contribution in [-0.2, 0) is 30.4 Å². The number of hydrazine groups is 2. The number of hydrogen-bond acceptors (Lipinski definition) is 6. The van der Waals surface area contributed by atoms with Crippen LogP contribution in [0.25, 0.3) is 0 Å². The topological polar surface area (TPSA) is 136 Å². The first kappa shape index (κ1) is 26.1. The van der Waals surface area contributed by atoms with Crippen molar-refractivity contribution >= 4 is 47.4 Å². The fourth-order valence-corrected chi connectivity index (χ4v) is 4.18. The van der Waals surface area contributed by atoms with Crippen molar-refractivity contribution in [2.45, 2.75) is 57.5 Å². The predicted octanol–water partition coefficient (Wildman–Crippen LogP) is 1.00. The minimum absolute atomic E-state index is 0.0324. The maximum Gasteiger partial charge on any atom is 0.358 e. The van der Waals surface area contributed by atoms with Crippen LogP contribution < -0.4 is 10.7 Å². The Morgan fingerprint density at radius 3 is 2.54 bits per heavy atom. The zero-order chi connectivity index (χ0) is 25.5. The number of halogens is 1. The number of ketones is 1. The monoisotopic (exact) mass is 505 g/mol. The fraction of sp³-hybridized carbons (Fsp3) is 0.478. The van der Waals surface area contributed by atoms with E-state index in [9.17, 15) is 28.8 Å². The SMILES string of the molecule is CC(=O)CC(C=O)NC(=O)C1CCCN2C(=O)CCN(NC(=O)CCc3ccc(Cl)cc3)C(=O)N12. The van der Waals surface area contributed by atoms with Crippen molar-refractivity contribution in [1.29, 1.82) is 0 Å². The maximum atomic E-state index is 13.3. The number of fused-ring (bicyclic) bond motifs is 1. The Labute approximate surface area is 207 Å². The molecule has 0 radical (unpaired) electrons. The molecule has 11 nitrogen and oxygen atoms in total. The first-order valence-corrected chi connectivity index (χ1v) is 11.8. The van der Waals surface area contributed by atoms with E-state index in [4.69, 9.17) is 11.6 Å². The molecule has 2 atom stereocenters. The first-order chi connectivity index (χ1) is 16.7. The molecule has 2 heterocycles. The minimum Gasteiger partial charge on any atom is -0.344 e. The number of nitrogens with one attached hydrogen (secondary N) is 2. The Bertz CT molecular complexity index is 1000. The van der Waals surface area contributed by atoms with E-state index in [0.717, 1.165) is 15.6 Å².